The van der Waals surface area contributed by atoms with Crippen LogP contribution in [-0.4, -0.2) is 22.6 Å². The zero-order chi connectivity index (χ0) is 28.6. The number of aromatic nitrogens is 2. The van der Waals surface area contributed by atoms with Gasteiger partial charge in [-0.3, -0.25) is 4.79 Å². The van der Waals surface area contributed by atoms with Crippen molar-refractivity contribution in [3.8, 4) is 11.4 Å². The number of fused-ring (bicyclic) bond motifs is 5. The lowest BCUT2D eigenvalue weighted by Gasteiger charge is -2.34. The Balaban J connectivity index is 0.000000571. The Kier molecular flexibility index (Phi) is 11.3. The topological polar surface area (TPSA) is 70.4 Å². The second-order valence-corrected chi connectivity index (χ2v) is 9.69. The van der Waals surface area contributed by atoms with Crippen LogP contribution in [0, 0.1) is 5.92 Å². The highest BCUT2D eigenvalue weighted by Gasteiger charge is 2.47. The molecule has 0 aliphatic carbocycles. The van der Waals surface area contributed by atoms with Crippen molar-refractivity contribution in [1.29, 1.82) is 0 Å². The predicted molar refractivity (Wildman–Crippen MR) is 157 cm³/mol. The first-order valence-corrected chi connectivity index (χ1v) is 14.2. The van der Waals surface area contributed by atoms with Gasteiger partial charge < -0.3 is 14.0 Å². The third kappa shape index (κ3) is 5.56. The Morgan fingerprint density at radius 2 is 1.68 bits per heavy atom. The number of benzene rings is 1. The molecule has 0 fully saturated rings. The summed E-state index contributed by atoms with van der Waals surface area (Å²) in [5.74, 6) is 0.390. The van der Waals surface area contributed by atoms with E-state index in [1.165, 1.54) is 12.7 Å². The van der Waals surface area contributed by atoms with E-state index >= 15 is 0 Å². The molecular formula is C32H46N2O4. The van der Waals surface area contributed by atoms with E-state index in [4.69, 9.17) is 14.5 Å². The highest BCUT2D eigenvalue weighted by molar-refractivity contribution is 5.89. The molecule has 6 heteroatoms. The smallest absolute Gasteiger partial charge is 0.343 e. The third-order valence-corrected chi connectivity index (χ3v) is 6.53. The van der Waals surface area contributed by atoms with Gasteiger partial charge in [-0.05, 0) is 36.5 Å². The molecule has 0 spiro atoms. The molecule has 0 saturated heterocycles. The zero-order valence-electron chi connectivity index (χ0n) is 25.0. The molecule has 208 valence electrons. The number of cyclic esters (lactones) is 1. The van der Waals surface area contributed by atoms with Crippen LogP contribution in [0.1, 0.15) is 97.4 Å². The van der Waals surface area contributed by atoms with Crippen molar-refractivity contribution in [2.45, 2.75) is 100 Å². The minimum atomic E-state index is -1.26. The number of methoxy groups -OCH3 is 1. The summed E-state index contributed by atoms with van der Waals surface area (Å²) in [7, 11) is 1.49. The molecule has 5 rings (SSSR count). The van der Waals surface area contributed by atoms with Crippen molar-refractivity contribution < 1.29 is 14.3 Å². The SMILES string of the molecule is CC.CC.CC(C)C.CCCc1c2c(nc3ccccc13)-c1cc3c(c(=O)n1C2)COC(=O)[C@@]3(CC)OC. The van der Waals surface area contributed by atoms with E-state index in [2.05, 4.69) is 33.8 Å². The molecule has 1 aromatic carbocycles. The summed E-state index contributed by atoms with van der Waals surface area (Å²) >= 11 is 0. The first-order chi connectivity index (χ1) is 18.3. The van der Waals surface area contributed by atoms with Gasteiger partial charge in [0.15, 0.2) is 5.60 Å². The molecule has 6 nitrogen and oxygen atoms in total. The lowest BCUT2D eigenvalue weighted by Crippen LogP contribution is -2.45. The summed E-state index contributed by atoms with van der Waals surface area (Å²) < 4.78 is 12.8. The molecule has 2 aliphatic heterocycles. The highest BCUT2D eigenvalue weighted by atomic mass is 16.6. The second-order valence-electron chi connectivity index (χ2n) is 9.69. The van der Waals surface area contributed by atoms with Crippen molar-refractivity contribution >= 4 is 16.9 Å². The maximum Gasteiger partial charge on any atom is 0.343 e. The van der Waals surface area contributed by atoms with Gasteiger partial charge in [0, 0.05) is 23.6 Å². The summed E-state index contributed by atoms with van der Waals surface area (Å²) in [6, 6.07) is 10.0. The number of carbonyl (C=O) groups excluding carboxylic acids is 1. The molecule has 3 aromatic rings. The summed E-state index contributed by atoms with van der Waals surface area (Å²) in [6.07, 6.45) is 2.32. The van der Waals surface area contributed by atoms with Gasteiger partial charge in [-0.1, -0.05) is 86.9 Å². The van der Waals surface area contributed by atoms with Crippen molar-refractivity contribution in [3.63, 3.8) is 0 Å². The number of aryl methyl sites for hydroxylation is 1. The zero-order valence-corrected chi connectivity index (χ0v) is 25.0. The number of esters is 1. The van der Waals surface area contributed by atoms with E-state index in [1.54, 1.807) is 4.57 Å². The van der Waals surface area contributed by atoms with Crippen LogP contribution in [0.5, 0.6) is 0 Å². The molecule has 0 unspecified atom stereocenters. The molecule has 0 N–H and O–H groups in total. The Morgan fingerprint density at radius 3 is 2.26 bits per heavy atom. The molecule has 0 saturated carbocycles. The Labute approximate surface area is 228 Å². The van der Waals surface area contributed by atoms with Gasteiger partial charge in [0.2, 0.25) is 0 Å². The second kappa shape index (κ2) is 13.7. The minimum Gasteiger partial charge on any atom is -0.458 e. The van der Waals surface area contributed by atoms with Gasteiger partial charge in [-0.15, -0.1) is 0 Å². The summed E-state index contributed by atoms with van der Waals surface area (Å²) in [5.41, 5.74) is 4.57. The summed E-state index contributed by atoms with van der Waals surface area (Å²) in [5, 5.41) is 1.14. The number of pyridine rings is 2. The van der Waals surface area contributed by atoms with Crippen LogP contribution in [0.25, 0.3) is 22.3 Å². The van der Waals surface area contributed by atoms with Crippen LogP contribution in [0.15, 0.2) is 35.1 Å². The predicted octanol–water partition coefficient (Wildman–Crippen LogP) is 7.40. The van der Waals surface area contributed by atoms with Crippen molar-refractivity contribution in [3.05, 3.63) is 62.9 Å². The van der Waals surface area contributed by atoms with E-state index < -0.39 is 11.6 Å². The van der Waals surface area contributed by atoms with Crippen LogP contribution in [0.3, 0.4) is 0 Å². The van der Waals surface area contributed by atoms with Gasteiger partial charge in [-0.25, -0.2) is 9.78 Å². The van der Waals surface area contributed by atoms with Crippen molar-refractivity contribution in [2.75, 3.05) is 7.11 Å². The Bertz CT molecular complexity index is 1300. The van der Waals surface area contributed by atoms with Crippen LogP contribution in [0.4, 0.5) is 0 Å². The van der Waals surface area contributed by atoms with Gasteiger partial charge >= 0.3 is 5.97 Å². The number of para-hydroxylation sites is 1. The van der Waals surface area contributed by atoms with Gasteiger partial charge in [-0.2, -0.15) is 0 Å². The minimum absolute atomic E-state index is 0.0219. The number of rotatable bonds is 4. The van der Waals surface area contributed by atoms with Crippen molar-refractivity contribution in [1.82, 2.24) is 9.55 Å². The first-order valence-electron chi connectivity index (χ1n) is 14.2. The van der Waals surface area contributed by atoms with Gasteiger partial charge in [0.1, 0.15) is 6.61 Å². The summed E-state index contributed by atoms with van der Waals surface area (Å²) in [6.45, 7) is 19.0. The Morgan fingerprint density at radius 1 is 1.05 bits per heavy atom. The van der Waals surface area contributed by atoms with E-state index in [-0.39, 0.29) is 12.2 Å². The van der Waals surface area contributed by atoms with Crippen LogP contribution >= 0.6 is 0 Å². The molecule has 2 aliphatic rings. The van der Waals surface area contributed by atoms with Crippen LogP contribution in [-0.2, 0) is 39.4 Å². The fourth-order valence-corrected chi connectivity index (χ4v) is 4.97. The van der Waals surface area contributed by atoms with E-state index in [0.717, 1.165) is 46.6 Å². The number of hydrogen-bond donors (Lipinski definition) is 0. The molecule has 2 aromatic heterocycles. The van der Waals surface area contributed by atoms with E-state index in [9.17, 15) is 9.59 Å². The third-order valence-electron chi connectivity index (χ3n) is 6.53. The van der Waals surface area contributed by atoms with Crippen LogP contribution in [0.2, 0.25) is 0 Å². The monoisotopic (exact) mass is 522 g/mol. The summed E-state index contributed by atoms with van der Waals surface area (Å²) in [4.78, 5) is 31.0. The van der Waals surface area contributed by atoms with Gasteiger partial charge in [0.25, 0.3) is 5.56 Å². The van der Waals surface area contributed by atoms with Crippen molar-refractivity contribution in [2.24, 2.45) is 5.92 Å². The fraction of sp³-hybridized carbons (Fsp3) is 0.531. The van der Waals surface area contributed by atoms with Gasteiger partial charge in [0.05, 0.1) is 29.0 Å². The highest BCUT2D eigenvalue weighted by Crippen LogP contribution is 2.41. The molecule has 0 bridgehead atoms. The average molecular weight is 523 g/mol. The quantitative estimate of drug-likeness (QED) is 0.261. The first kappa shape index (κ1) is 31.2. The normalized spacial score (nSPS) is 16.6. The maximum atomic E-state index is 13.5. The lowest BCUT2D eigenvalue weighted by atomic mass is 9.85. The van der Waals surface area contributed by atoms with E-state index in [1.807, 2.05) is 58.9 Å². The molecule has 4 heterocycles. The number of ether oxygens (including phenoxy) is 2. The number of nitrogens with zero attached hydrogens (tertiary/aromatic N) is 2. The molecular weight excluding hydrogens is 476 g/mol. The van der Waals surface area contributed by atoms with Crippen LogP contribution < -0.4 is 5.56 Å². The maximum absolute atomic E-state index is 13.5. The standard InChI is InChI=1S/C24H24N2O4.C4H10.2C2H6/c1-4-8-14-15-9-6-7-10-19(15)25-21-16(14)12-26-20(21)11-18-17(22(26)27)13-30-23(28)24(18,5-2)29-3;1-4(2)3;2*1-2/h6-7,9-11H,4-5,8,12-13H2,1-3H3;4H,1-3H3;2*1-2H3/t24-;;;/m0.../s1. The lowest BCUT2D eigenvalue weighted by molar-refractivity contribution is -0.176. The Hall–Kier alpha value is -2.99. The fourth-order valence-electron chi connectivity index (χ4n) is 4.97. The average Bonchev–Trinajstić information content (AvgIpc) is 3.30. The number of hydrogen-bond acceptors (Lipinski definition) is 5. The van der Waals surface area contributed by atoms with E-state index in [0.29, 0.717) is 24.1 Å². The molecule has 0 radical (unpaired) electrons. The molecule has 1 atom stereocenters. The number of carbonyl (C=O) groups is 1. The largest absolute Gasteiger partial charge is 0.458 e. The molecule has 38 heavy (non-hydrogen) atoms. The molecule has 0 amide bonds.